The molecule has 0 fully saturated rings. The average Bonchev–Trinajstić information content (AvgIpc) is 2.03. The van der Waals surface area contributed by atoms with E-state index >= 15 is 0 Å². The lowest BCUT2D eigenvalue weighted by molar-refractivity contribution is 0.154. The molecule has 1 N–H and O–H groups in total. The highest BCUT2D eigenvalue weighted by atomic mass is 35.5. The maximum atomic E-state index is 10.3. The van der Waals surface area contributed by atoms with E-state index in [0.29, 0.717) is 12.8 Å². The molecule has 0 amide bonds. The SMILES string of the molecule is C=CCC(Cl)(CC=C)O[P+](=O)O.C=CCl. The molecule has 3 nitrogen and oxygen atoms in total. The fourth-order valence-electron chi connectivity index (χ4n) is 0.729. The van der Waals surface area contributed by atoms with E-state index in [1.54, 1.807) is 0 Å². The average molecular weight is 272 g/mol. The van der Waals surface area contributed by atoms with Gasteiger partial charge in [-0.05, 0) is 5.54 Å². The van der Waals surface area contributed by atoms with E-state index in [0.717, 1.165) is 0 Å². The molecule has 0 aromatic rings. The first-order chi connectivity index (χ1) is 6.95. The first kappa shape index (κ1) is 17.2. The first-order valence-electron chi connectivity index (χ1n) is 3.92. The lowest BCUT2D eigenvalue weighted by Crippen LogP contribution is -2.20. The molecule has 0 aromatic heterocycles. The molecule has 0 saturated heterocycles. The second-order valence-electron chi connectivity index (χ2n) is 2.35. The second-order valence-corrected chi connectivity index (χ2v) is 4.01. The zero-order chi connectivity index (χ0) is 12.3. The lowest BCUT2D eigenvalue weighted by atomic mass is 10.2. The molecule has 0 heterocycles. The zero-order valence-corrected chi connectivity index (χ0v) is 10.6. The molecule has 0 aliphatic rings. The van der Waals surface area contributed by atoms with Gasteiger partial charge in [-0.15, -0.1) is 18.1 Å². The van der Waals surface area contributed by atoms with Crippen molar-refractivity contribution < 1.29 is 14.0 Å². The van der Waals surface area contributed by atoms with Gasteiger partial charge >= 0.3 is 8.25 Å². The first-order valence-corrected chi connectivity index (χ1v) is 5.87. The van der Waals surface area contributed by atoms with Crippen molar-refractivity contribution in [2.75, 3.05) is 0 Å². The van der Waals surface area contributed by atoms with Crippen LogP contribution in [0.2, 0.25) is 0 Å². The van der Waals surface area contributed by atoms with Crippen molar-refractivity contribution in [1.82, 2.24) is 0 Å². The summed E-state index contributed by atoms with van der Waals surface area (Å²) in [5.74, 6) is 0. The molecule has 15 heavy (non-hydrogen) atoms. The summed E-state index contributed by atoms with van der Waals surface area (Å²) in [6.07, 6.45) is 3.63. The fourth-order valence-corrected chi connectivity index (χ4v) is 1.55. The van der Waals surface area contributed by atoms with E-state index in [1.807, 2.05) is 0 Å². The van der Waals surface area contributed by atoms with Crippen LogP contribution >= 0.6 is 31.5 Å². The maximum absolute atomic E-state index is 10.3. The largest absolute Gasteiger partial charge is 0.696 e. The maximum Gasteiger partial charge on any atom is 0.696 e. The van der Waals surface area contributed by atoms with E-state index in [4.69, 9.17) is 28.1 Å². The van der Waals surface area contributed by atoms with Gasteiger partial charge in [-0.25, -0.2) is 0 Å². The van der Waals surface area contributed by atoms with Gasteiger partial charge in [-0.1, -0.05) is 46.5 Å². The van der Waals surface area contributed by atoms with E-state index in [-0.39, 0.29) is 0 Å². The molecule has 0 aliphatic heterocycles. The summed E-state index contributed by atoms with van der Waals surface area (Å²) in [5, 5.41) is -1.17. The van der Waals surface area contributed by atoms with Crippen LogP contribution in [0.15, 0.2) is 37.4 Å². The minimum Gasteiger partial charge on any atom is -0.133 e. The Morgan fingerprint density at radius 3 is 1.87 bits per heavy atom. The molecule has 0 rings (SSSR count). The van der Waals surface area contributed by atoms with Gasteiger partial charge < -0.3 is 0 Å². The smallest absolute Gasteiger partial charge is 0.133 e. The van der Waals surface area contributed by atoms with E-state index in [2.05, 4.69) is 24.3 Å². The molecule has 0 aliphatic carbocycles. The van der Waals surface area contributed by atoms with Crippen LogP contribution in [0.3, 0.4) is 0 Å². The van der Waals surface area contributed by atoms with Crippen LogP contribution in [0.1, 0.15) is 12.8 Å². The predicted octanol–water partition coefficient (Wildman–Crippen LogP) is 4.11. The van der Waals surface area contributed by atoms with Crippen molar-refractivity contribution >= 4 is 31.5 Å². The number of rotatable bonds is 6. The van der Waals surface area contributed by atoms with Gasteiger partial charge in [-0.3, -0.25) is 0 Å². The minimum absolute atomic E-state index is 0.294. The van der Waals surface area contributed by atoms with Crippen molar-refractivity contribution in [1.29, 1.82) is 0 Å². The van der Waals surface area contributed by atoms with E-state index in [1.165, 1.54) is 17.7 Å². The third kappa shape index (κ3) is 11.7. The summed E-state index contributed by atoms with van der Waals surface area (Å²) < 4.78 is 14.9. The molecule has 0 spiro atoms. The molecule has 0 radical (unpaired) electrons. The summed E-state index contributed by atoms with van der Waals surface area (Å²) in [6.45, 7) is 10.0. The molecule has 0 saturated carbocycles. The van der Waals surface area contributed by atoms with E-state index < -0.39 is 13.3 Å². The number of halogens is 2. The van der Waals surface area contributed by atoms with Gasteiger partial charge in [0.15, 0.2) is 0 Å². The van der Waals surface area contributed by atoms with Crippen molar-refractivity contribution in [2.24, 2.45) is 0 Å². The van der Waals surface area contributed by atoms with Gasteiger partial charge in [0.2, 0.25) is 5.06 Å². The Labute approximate surface area is 101 Å². The quantitative estimate of drug-likeness (QED) is 0.449. The van der Waals surface area contributed by atoms with Crippen LogP contribution in [0.25, 0.3) is 0 Å². The minimum atomic E-state index is -2.69. The highest BCUT2D eigenvalue weighted by Crippen LogP contribution is 2.35. The third-order valence-electron chi connectivity index (χ3n) is 1.14. The lowest BCUT2D eigenvalue weighted by Gasteiger charge is -2.15. The molecule has 0 bridgehead atoms. The predicted molar refractivity (Wildman–Crippen MR) is 65.2 cm³/mol. The van der Waals surface area contributed by atoms with Crippen LogP contribution < -0.4 is 0 Å². The summed E-state index contributed by atoms with van der Waals surface area (Å²) in [4.78, 5) is 8.48. The highest BCUT2D eigenvalue weighted by Gasteiger charge is 2.36. The summed E-state index contributed by atoms with van der Waals surface area (Å²) in [6, 6.07) is 0. The normalized spacial score (nSPS) is 10.7. The Bertz CT molecular complexity index is 221. The summed E-state index contributed by atoms with van der Waals surface area (Å²) in [5.41, 5.74) is 1.22. The van der Waals surface area contributed by atoms with Gasteiger partial charge in [-0.2, -0.15) is 0 Å². The van der Waals surface area contributed by atoms with Crippen LogP contribution in [0.4, 0.5) is 0 Å². The van der Waals surface area contributed by atoms with E-state index in [9.17, 15) is 4.57 Å². The molecular formula is C9H14Cl2O3P+. The van der Waals surface area contributed by atoms with Crippen molar-refractivity contribution in [2.45, 2.75) is 17.9 Å². The molecule has 1 unspecified atom stereocenters. The summed E-state index contributed by atoms with van der Waals surface area (Å²) in [7, 11) is -2.69. The Hall–Kier alpha value is -0.180. The Morgan fingerprint density at radius 1 is 1.33 bits per heavy atom. The topological polar surface area (TPSA) is 46.5 Å². The van der Waals surface area contributed by atoms with Crippen LogP contribution in [-0.2, 0) is 9.09 Å². The van der Waals surface area contributed by atoms with Crippen LogP contribution in [-0.4, -0.2) is 9.95 Å². The molecule has 1 atom stereocenters. The number of hydrogen-bond acceptors (Lipinski definition) is 2. The van der Waals surface area contributed by atoms with Crippen molar-refractivity contribution in [3.05, 3.63) is 37.4 Å². The zero-order valence-electron chi connectivity index (χ0n) is 8.23. The standard InChI is InChI=1S/C7H10ClO3P.C2H3Cl/c1-3-5-7(8,6-4-2)11-12(9)10;1-2-3/h3-4H,1-2,5-6H2;2H,1H2/p+1. The van der Waals surface area contributed by atoms with Crippen molar-refractivity contribution in [3.8, 4) is 0 Å². The molecular weight excluding hydrogens is 258 g/mol. The Kier molecular flexibility index (Phi) is 11.9. The van der Waals surface area contributed by atoms with Gasteiger partial charge in [0.1, 0.15) is 0 Å². The molecule has 0 aromatic carbocycles. The molecule has 86 valence electrons. The second kappa shape index (κ2) is 10.3. The van der Waals surface area contributed by atoms with Gasteiger partial charge in [0, 0.05) is 17.4 Å². The number of alkyl halides is 1. The van der Waals surface area contributed by atoms with Crippen molar-refractivity contribution in [3.63, 3.8) is 0 Å². The number of hydrogen-bond donors (Lipinski definition) is 1. The fraction of sp³-hybridized carbons (Fsp3) is 0.333. The monoisotopic (exact) mass is 271 g/mol. The molecule has 6 heteroatoms. The highest BCUT2D eigenvalue weighted by molar-refractivity contribution is 7.32. The Morgan fingerprint density at radius 2 is 1.67 bits per heavy atom. The van der Waals surface area contributed by atoms with Gasteiger partial charge in [0.05, 0.1) is 0 Å². The van der Waals surface area contributed by atoms with Crippen LogP contribution in [0.5, 0.6) is 0 Å². The Balaban J connectivity index is 0. The van der Waals surface area contributed by atoms with Crippen LogP contribution in [0, 0.1) is 0 Å². The van der Waals surface area contributed by atoms with Gasteiger partial charge in [0.25, 0.3) is 0 Å². The summed E-state index contributed by atoms with van der Waals surface area (Å²) >= 11 is 10.6. The third-order valence-corrected chi connectivity index (χ3v) is 2.14.